The number of primary amides is 2. The number of benzene rings is 3. The van der Waals surface area contributed by atoms with E-state index in [9.17, 15) is 57.4 Å². The summed E-state index contributed by atoms with van der Waals surface area (Å²) in [6.07, 6.45) is 0.807. The molecule has 10 amide bonds. The van der Waals surface area contributed by atoms with Crippen LogP contribution in [0.3, 0.4) is 0 Å². The van der Waals surface area contributed by atoms with Crippen molar-refractivity contribution >= 4 is 82.4 Å². The Morgan fingerprint density at radius 2 is 1.57 bits per heavy atom. The van der Waals surface area contributed by atoms with Gasteiger partial charge in [0.1, 0.15) is 48.7 Å². The van der Waals surface area contributed by atoms with Gasteiger partial charge in [0.15, 0.2) is 0 Å². The van der Waals surface area contributed by atoms with E-state index in [1.165, 1.54) is 36.1 Å². The quantitative estimate of drug-likeness (QED) is 0.0268. The molecule has 1 unspecified atom stereocenters. The van der Waals surface area contributed by atoms with Crippen LogP contribution in [-0.2, 0) is 49.7 Å². The maximum absolute atomic E-state index is 15.2. The van der Waals surface area contributed by atoms with Crippen molar-refractivity contribution in [3.8, 4) is 11.3 Å². The van der Waals surface area contributed by atoms with E-state index < -0.39 is 125 Å². The number of hydrogen-bond donors (Lipinski definition) is 10. The monoisotopic (exact) mass is 1160 g/mol. The first kappa shape index (κ1) is 64.5. The molecule has 442 valence electrons. The molecule has 28 heteroatoms. The second-order valence-corrected chi connectivity index (χ2v) is 21.6. The van der Waals surface area contributed by atoms with Crippen LogP contribution < -0.4 is 49.1 Å². The van der Waals surface area contributed by atoms with Crippen LogP contribution in [0, 0.1) is 17.0 Å². The molecule has 82 heavy (non-hydrogen) atoms. The molecule has 0 radical (unpaired) electrons. The maximum Gasteiger partial charge on any atom is 0.321 e. The average Bonchev–Trinajstić information content (AvgIpc) is 4.18. The van der Waals surface area contributed by atoms with Gasteiger partial charge in [0, 0.05) is 67.9 Å². The number of carboxylic acids is 1. The third-order valence-corrected chi connectivity index (χ3v) is 14.3. The molecule has 3 aromatic carbocycles. The molecule has 1 aliphatic heterocycles. The minimum absolute atomic E-state index is 0.00625. The summed E-state index contributed by atoms with van der Waals surface area (Å²) in [6.45, 7) is 5.00. The minimum Gasteiger partial charge on any atom is -0.480 e. The number of amides is 10. The highest BCUT2D eigenvalue weighted by atomic mass is 32.2. The Morgan fingerprint density at radius 1 is 0.890 bits per heavy atom. The van der Waals surface area contributed by atoms with E-state index in [2.05, 4.69) is 21.3 Å². The van der Waals surface area contributed by atoms with E-state index in [0.717, 1.165) is 45.3 Å². The number of carboxylic acid groups (broad SMARTS) is 1. The molecule has 5 rings (SSSR count). The SMILES string of the molecule is C[C@H](NC(=O)CCNC(=O)[C@@H](N)CCN(C(=O)CO)[C@@H](c1nc(-c2cc(F)ccc2F)cn1Cc1ccccc1)C(C)(C)C)C(=O)N(c1ccc(NC(=O)CN2C(=O)CC(SC[C@H](N)C(=O)O)C2=O)cc1)[C@@H](CCCNC(N)=O)C(N)=O. The topological polar surface area (TPSA) is 391 Å². The number of urea groups is 1. The van der Waals surface area contributed by atoms with Gasteiger partial charge in [-0.05, 0) is 79.6 Å². The number of nitrogens with one attached hydrogen (secondary N) is 4. The van der Waals surface area contributed by atoms with Crippen LogP contribution in [-0.4, -0.2) is 157 Å². The van der Waals surface area contributed by atoms with E-state index in [1.807, 2.05) is 51.1 Å². The molecule has 1 aliphatic rings. The van der Waals surface area contributed by atoms with Crippen LogP contribution in [0.25, 0.3) is 11.3 Å². The van der Waals surface area contributed by atoms with Gasteiger partial charge in [-0.25, -0.2) is 18.6 Å². The van der Waals surface area contributed by atoms with Crippen LogP contribution in [0.1, 0.15) is 77.2 Å². The largest absolute Gasteiger partial charge is 0.480 e. The third kappa shape index (κ3) is 17.8. The Balaban J connectivity index is 1.24. The van der Waals surface area contributed by atoms with Gasteiger partial charge in [-0.15, -0.1) is 11.8 Å². The Bertz CT molecular complexity index is 2980. The van der Waals surface area contributed by atoms with Gasteiger partial charge in [-0.1, -0.05) is 51.1 Å². The van der Waals surface area contributed by atoms with Crippen LogP contribution in [0.15, 0.2) is 79.0 Å². The number of aliphatic hydroxyl groups is 1. The number of halogens is 2. The normalized spacial score (nSPS) is 15.1. The van der Waals surface area contributed by atoms with Gasteiger partial charge in [0.25, 0.3) is 0 Å². The summed E-state index contributed by atoms with van der Waals surface area (Å²) in [6, 6.07) is 10.7. The first-order chi connectivity index (χ1) is 38.7. The molecule has 1 aromatic heterocycles. The van der Waals surface area contributed by atoms with E-state index in [1.54, 1.807) is 10.8 Å². The molecule has 4 aromatic rings. The van der Waals surface area contributed by atoms with Crippen molar-refractivity contribution in [3.63, 3.8) is 0 Å². The molecule has 0 saturated carbocycles. The number of aromatic nitrogens is 2. The highest BCUT2D eigenvalue weighted by Gasteiger charge is 2.41. The zero-order valence-corrected chi connectivity index (χ0v) is 46.5. The number of carbonyl (C=O) groups excluding carboxylic acids is 9. The highest BCUT2D eigenvalue weighted by molar-refractivity contribution is 8.00. The lowest BCUT2D eigenvalue weighted by atomic mass is 9.84. The van der Waals surface area contributed by atoms with Crippen molar-refractivity contribution < 1.29 is 66.9 Å². The first-order valence-corrected chi connectivity index (χ1v) is 27.0. The van der Waals surface area contributed by atoms with E-state index in [4.69, 9.17) is 33.0 Å². The molecule has 0 bridgehead atoms. The summed E-state index contributed by atoms with van der Waals surface area (Å²) in [5.74, 6) is -8.60. The van der Waals surface area contributed by atoms with Crippen molar-refractivity contribution in [1.29, 1.82) is 0 Å². The standard InChI is InChI=1S/C54H69F2N13O12S/c1-30(50(77)69(40(47(59)75)11-8-20-62-53(60)81)34-15-13-33(14-16-34)64-43(72)27-68-44(73)24-41(51(68)78)82-29-38(58)52(79)80)63-42(71)18-21-61-49(76)37(57)19-22-67(45(74)28-70)46(54(2,3)4)48-65-39(35-23-32(55)12-17-36(35)56)26-66(48)25-31-9-6-5-7-10-31/h5-7,9-10,12-17,23,26,30,37-38,40-41,46,70H,8,11,18-22,24-25,27-29,57-58H2,1-4H3,(H2,59,75)(H,61,76)(H,63,71)(H,64,72)(H,79,80)(H3,60,62,81)/t30-,37-,38-,40-,41?,46-/m0/s1. The van der Waals surface area contributed by atoms with Gasteiger partial charge in [0.05, 0.1) is 23.0 Å². The number of nitrogens with zero attached hydrogens (tertiary/aromatic N) is 5. The molecule has 2 heterocycles. The van der Waals surface area contributed by atoms with Crippen LogP contribution in [0.4, 0.5) is 25.0 Å². The second-order valence-electron chi connectivity index (χ2n) is 20.4. The summed E-state index contributed by atoms with van der Waals surface area (Å²) >= 11 is 0.890. The van der Waals surface area contributed by atoms with Gasteiger partial charge in [0.2, 0.25) is 47.3 Å². The van der Waals surface area contributed by atoms with Crippen molar-refractivity contribution in [2.24, 2.45) is 28.3 Å². The Morgan fingerprint density at radius 3 is 2.20 bits per heavy atom. The summed E-state index contributed by atoms with van der Waals surface area (Å²) in [4.78, 5) is 137. The van der Waals surface area contributed by atoms with Crippen LogP contribution in [0.5, 0.6) is 0 Å². The number of rotatable bonds is 29. The number of likely N-dealkylation sites (tertiary alicyclic amines) is 1. The average molecular weight is 1160 g/mol. The highest BCUT2D eigenvalue weighted by Crippen LogP contribution is 2.40. The van der Waals surface area contributed by atoms with Gasteiger partial charge >= 0.3 is 12.0 Å². The predicted molar refractivity (Wildman–Crippen MR) is 297 cm³/mol. The number of carbonyl (C=O) groups is 10. The molecule has 6 atom stereocenters. The number of hydrogen-bond acceptors (Lipinski definition) is 15. The maximum atomic E-state index is 15.2. The fourth-order valence-electron chi connectivity index (χ4n) is 8.94. The molecule has 1 fully saturated rings. The van der Waals surface area contributed by atoms with Crippen molar-refractivity contribution in [2.45, 2.75) is 102 Å². The van der Waals surface area contributed by atoms with Gasteiger partial charge in [-0.3, -0.25) is 53.0 Å². The predicted octanol–water partition coefficient (Wildman–Crippen LogP) is 1.06. The Labute approximate surface area is 475 Å². The number of imidazole rings is 1. The second kappa shape index (κ2) is 29.4. The van der Waals surface area contributed by atoms with Crippen molar-refractivity contribution in [1.82, 2.24) is 35.3 Å². The third-order valence-electron chi connectivity index (χ3n) is 13.0. The number of thioether (sulfide) groups is 1. The Kier molecular flexibility index (Phi) is 23.1. The molecule has 25 nitrogen and oxygen atoms in total. The molecular weight excluding hydrogens is 1090 g/mol. The summed E-state index contributed by atoms with van der Waals surface area (Å²) < 4.78 is 31.3. The van der Waals surface area contributed by atoms with E-state index in [-0.39, 0.29) is 92.5 Å². The first-order valence-electron chi connectivity index (χ1n) is 26.0. The lowest BCUT2D eigenvalue weighted by molar-refractivity contribution is -0.141. The van der Waals surface area contributed by atoms with Gasteiger partial charge < -0.3 is 63.9 Å². The van der Waals surface area contributed by atoms with Crippen LogP contribution in [0.2, 0.25) is 0 Å². The molecule has 0 spiro atoms. The lowest BCUT2D eigenvalue weighted by Crippen LogP contribution is -2.55. The Hall–Kier alpha value is -8.34. The summed E-state index contributed by atoms with van der Waals surface area (Å²) in [5.41, 5.74) is 23.1. The molecule has 0 aliphatic carbocycles. The summed E-state index contributed by atoms with van der Waals surface area (Å²) in [5, 5.41) is 28.4. The van der Waals surface area contributed by atoms with Crippen molar-refractivity contribution in [2.75, 3.05) is 48.8 Å². The van der Waals surface area contributed by atoms with E-state index in [0.29, 0.717) is 0 Å². The smallest absolute Gasteiger partial charge is 0.321 e. The lowest BCUT2D eigenvalue weighted by Gasteiger charge is -2.40. The zero-order valence-electron chi connectivity index (χ0n) is 45.6. The zero-order chi connectivity index (χ0) is 60.6. The number of anilines is 2. The molecule has 14 N–H and O–H groups in total. The number of imide groups is 1. The number of aliphatic carboxylic acids is 1. The van der Waals surface area contributed by atoms with Gasteiger partial charge in [-0.2, -0.15) is 0 Å². The molecule has 1 saturated heterocycles. The van der Waals surface area contributed by atoms with E-state index >= 15 is 4.39 Å². The van der Waals surface area contributed by atoms with Crippen LogP contribution >= 0.6 is 11.8 Å². The fraction of sp³-hybridized carbons (Fsp3) is 0.426. The minimum atomic E-state index is -1.36. The fourth-order valence-corrected chi connectivity index (χ4v) is 10.1. The number of nitrogens with two attached hydrogens (primary N) is 4. The number of aliphatic hydroxyl groups excluding tert-OH is 1. The van der Waals surface area contributed by atoms with Crippen molar-refractivity contribution in [3.05, 3.63) is 102 Å². The molecular formula is C54H69F2N13O12S. The summed E-state index contributed by atoms with van der Waals surface area (Å²) in [7, 11) is 0.